The zero-order chi connectivity index (χ0) is 38.0. The summed E-state index contributed by atoms with van der Waals surface area (Å²) in [6.45, 7) is 0. The first-order valence-corrected chi connectivity index (χ1v) is 21.6. The second kappa shape index (κ2) is 14.8. The lowest BCUT2D eigenvalue weighted by atomic mass is 10.0. The van der Waals surface area contributed by atoms with E-state index in [2.05, 4.69) is 252 Å². The van der Waals surface area contributed by atoms with Crippen molar-refractivity contribution in [3.63, 3.8) is 0 Å². The summed E-state index contributed by atoms with van der Waals surface area (Å²) >= 11 is 0. The summed E-state index contributed by atoms with van der Waals surface area (Å²) < 4.78 is 2.38. The first-order valence-electron chi connectivity index (χ1n) is 19.6. The maximum Gasteiger partial charge on any atom is 0.179 e. The highest BCUT2D eigenvalue weighted by Gasteiger charge is 2.41. The van der Waals surface area contributed by atoms with E-state index in [4.69, 9.17) is 0 Å². The molecule has 270 valence electrons. The van der Waals surface area contributed by atoms with Gasteiger partial charge >= 0.3 is 0 Å². The lowest BCUT2D eigenvalue weighted by Crippen LogP contribution is -2.74. The third-order valence-electron chi connectivity index (χ3n) is 11.3. The molecule has 1 heterocycles. The first kappa shape index (κ1) is 34.3. The van der Waals surface area contributed by atoms with Gasteiger partial charge in [-0.05, 0) is 98.6 Å². The maximum atomic E-state index is 2.40. The van der Waals surface area contributed by atoms with Gasteiger partial charge in [-0.1, -0.05) is 176 Å². The van der Waals surface area contributed by atoms with Crippen molar-refractivity contribution in [3.05, 3.63) is 243 Å². The van der Waals surface area contributed by atoms with Gasteiger partial charge in [0.15, 0.2) is 8.07 Å². The van der Waals surface area contributed by atoms with Crippen LogP contribution in [0.15, 0.2) is 243 Å². The van der Waals surface area contributed by atoms with Crippen LogP contribution in [-0.2, 0) is 0 Å². The van der Waals surface area contributed by atoms with E-state index in [0.29, 0.717) is 0 Å². The topological polar surface area (TPSA) is 8.17 Å². The molecule has 10 aromatic rings. The molecule has 0 aliphatic heterocycles. The number of fused-ring (bicyclic) bond motifs is 3. The summed E-state index contributed by atoms with van der Waals surface area (Å²) in [7, 11) is -2.78. The van der Waals surface area contributed by atoms with Gasteiger partial charge in [0.1, 0.15) is 0 Å². The Morgan fingerprint density at radius 2 is 0.702 bits per heavy atom. The molecule has 9 aromatic carbocycles. The van der Waals surface area contributed by atoms with Crippen molar-refractivity contribution in [1.29, 1.82) is 0 Å². The van der Waals surface area contributed by atoms with Crippen molar-refractivity contribution < 1.29 is 0 Å². The van der Waals surface area contributed by atoms with Crippen LogP contribution in [0.3, 0.4) is 0 Å². The van der Waals surface area contributed by atoms with Crippen LogP contribution in [0.2, 0.25) is 0 Å². The van der Waals surface area contributed by atoms with Gasteiger partial charge in [-0.3, -0.25) is 0 Å². The lowest BCUT2D eigenvalue weighted by Gasteiger charge is -2.35. The molecule has 0 unspecified atom stereocenters. The molecule has 0 atom stereocenters. The summed E-state index contributed by atoms with van der Waals surface area (Å²) in [5.74, 6) is 0. The molecular weight excluding hydrogens is 705 g/mol. The number of aromatic nitrogens is 1. The zero-order valence-electron chi connectivity index (χ0n) is 31.5. The summed E-state index contributed by atoms with van der Waals surface area (Å²) in [5, 5.41) is 7.92. The smallest absolute Gasteiger partial charge is 0.179 e. The monoisotopic (exact) mass is 744 g/mol. The van der Waals surface area contributed by atoms with Gasteiger partial charge in [0.05, 0.1) is 11.0 Å². The number of anilines is 3. The van der Waals surface area contributed by atoms with Crippen LogP contribution in [0.1, 0.15) is 0 Å². The fourth-order valence-corrected chi connectivity index (χ4v) is 13.5. The van der Waals surface area contributed by atoms with Crippen molar-refractivity contribution in [2.24, 2.45) is 0 Å². The Bertz CT molecular complexity index is 2830. The number of hydrogen-bond acceptors (Lipinski definition) is 1. The fraction of sp³-hybridized carbons (Fsp3) is 0. The molecule has 3 heteroatoms. The maximum absolute atomic E-state index is 2.78. The highest BCUT2D eigenvalue weighted by Crippen LogP contribution is 2.36. The summed E-state index contributed by atoms with van der Waals surface area (Å²) in [5.41, 5.74) is 9.40. The summed E-state index contributed by atoms with van der Waals surface area (Å²) in [6.07, 6.45) is 0. The lowest BCUT2D eigenvalue weighted by molar-refractivity contribution is 1.18. The highest BCUT2D eigenvalue weighted by molar-refractivity contribution is 7.19. The second-order valence-electron chi connectivity index (χ2n) is 14.5. The quantitative estimate of drug-likeness (QED) is 0.106. The van der Waals surface area contributed by atoms with E-state index < -0.39 is 8.07 Å². The van der Waals surface area contributed by atoms with Crippen LogP contribution in [0.25, 0.3) is 38.6 Å². The molecule has 1 aromatic heterocycles. The Morgan fingerprint density at radius 1 is 0.298 bits per heavy atom. The zero-order valence-corrected chi connectivity index (χ0v) is 32.5. The Hall–Kier alpha value is -7.20. The Labute approximate surface area is 335 Å². The molecule has 0 saturated carbocycles. The van der Waals surface area contributed by atoms with Gasteiger partial charge in [0.2, 0.25) is 0 Å². The van der Waals surface area contributed by atoms with Crippen LogP contribution in [0.4, 0.5) is 17.1 Å². The normalized spacial score (nSPS) is 11.5. The predicted molar refractivity (Wildman–Crippen MR) is 245 cm³/mol. The van der Waals surface area contributed by atoms with Gasteiger partial charge in [-0.25, -0.2) is 0 Å². The molecule has 0 N–H and O–H groups in total. The standard InChI is InChI=1S/C54H40N2Si/c1-6-18-43(19-7-1)55(44-20-8-2-9-21-44)46-33-37-50(38-34-46)57(47-24-12-4-13-25-47,48-26-14-5-15-27-48)49-35-30-41(31-36-49)42-32-39-54-52(40-42)51-28-16-17-29-53(51)56(54)45-22-10-3-11-23-45/h1-40H. The van der Waals surface area contributed by atoms with Gasteiger partial charge in [0, 0.05) is 33.5 Å². The van der Waals surface area contributed by atoms with E-state index >= 15 is 0 Å². The number of benzene rings is 9. The van der Waals surface area contributed by atoms with Gasteiger partial charge in [-0.15, -0.1) is 0 Å². The summed E-state index contributed by atoms with van der Waals surface area (Å²) in [4.78, 5) is 2.33. The fourth-order valence-electron chi connectivity index (χ4n) is 8.76. The van der Waals surface area contributed by atoms with E-state index in [0.717, 1.165) is 17.1 Å². The van der Waals surface area contributed by atoms with Gasteiger partial charge in [0.25, 0.3) is 0 Å². The van der Waals surface area contributed by atoms with E-state index in [-0.39, 0.29) is 0 Å². The molecule has 0 aliphatic carbocycles. The van der Waals surface area contributed by atoms with E-state index in [1.165, 1.54) is 59.4 Å². The summed E-state index contributed by atoms with van der Waals surface area (Å²) in [6, 6.07) is 88.8. The molecule has 2 nitrogen and oxygen atoms in total. The van der Waals surface area contributed by atoms with Crippen molar-refractivity contribution in [2.45, 2.75) is 0 Å². The van der Waals surface area contributed by atoms with Crippen molar-refractivity contribution in [1.82, 2.24) is 4.57 Å². The van der Waals surface area contributed by atoms with Crippen LogP contribution in [0, 0.1) is 0 Å². The molecule has 0 fully saturated rings. The highest BCUT2D eigenvalue weighted by atomic mass is 28.3. The third kappa shape index (κ3) is 6.06. The van der Waals surface area contributed by atoms with Crippen LogP contribution in [-0.4, -0.2) is 12.6 Å². The number of hydrogen-bond donors (Lipinski definition) is 0. The third-order valence-corrected chi connectivity index (χ3v) is 16.1. The minimum absolute atomic E-state index is 1.12. The molecule has 0 amide bonds. The van der Waals surface area contributed by atoms with Gasteiger partial charge in [-0.2, -0.15) is 0 Å². The Balaban J connectivity index is 1.11. The molecule has 0 spiro atoms. The predicted octanol–water partition coefficient (Wildman–Crippen LogP) is 11.3. The van der Waals surface area contributed by atoms with Crippen LogP contribution in [0.5, 0.6) is 0 Å². The van der Waals surface area contributed by atoms with Crippen LogP contribution < -0.4 is 25.6 Å². The van der Waals surface area contributed by atoms with Crippen molar-refractivity contribution in [2.75, 3.05) is 4.90 Å². The minimum atomic E-state index is -2.78. The van der Waals surface area contributed by atoms with Gasteiger partial charge < -0.3 is 9.47 Å². The molecule has 0 bridgehead atoms. The SMILES string of the molecule is c1ccc(N(c2ccccc2)c2ccc([Si](c3ccccc3)(c3ccccc3)c3ccc(-c4ccc5c(c4)c4ccccc4n5-c4ccccc4)cc3)cc2)cc1. The second-order valence-corrected chi connectivity index (χ2v) is 18.3. The average molecular weight is 745 g/mol. The van der Waals surface area contributed by atoms with E-state index in [1.807, 2.05) is 0 Å². The van der Waals surface area contributed by atoms with E-state index in [1.54, 1.807) is 0 Å². The first-order chi connectivity index (χ1) is 28.3. The minimum Gasteiger partial charge on any atom is -0.311 e. The van der Waals surface area contributed by atoms with Crippen molar-refractivity contribution >= 4 is 67.7 Å². The number of para-hydroxylation sites is 4. The molecular formula is C54H40N2Si. The molecule has 57 heavy (non-hydrogen) atoms. The largest absolute Gasteiger partial charge is 0.311 e. The van der Waals surface area contributed by atoms with Crippen LogP contribution >= 0.6 is 0 Å². The molecule has 0 aliphatic rings. The van der Waals surface area contributed by atoms with Crippen molar-refractivity contribution in [3.8, 4) is 16.8 Å². The molecule has 0 saturated heterocycles. The Morgan fingerprint density at radius 3 is 1.26 bits per heavy atom. The number of rotatable bonds is 9. The Kier molecular flexibility index (Phi) is 8.90. The number of nitrogens with zero attached hydrogens (tertiary/aromatic N) is 2. The average Bonchev–Trinajstić information content (AvgIpc) is 3.63. The van der Waals surface area contributed by atoms with E-state index in [9.17, 15) is 0 Å². The molecule has 0 radical (unpaired) electrons. The molecule has 10 rings (SSSR count).